The van der Waals surface area contributed by atoms with Crippen LogP contribution < -0.4 is 5.73 Å². The topological polar surface area (TPSA) is 78.6 Å². The number of carbonyl (C=O) groups is 2. The average molecular weight is 502 g/mol. The lowest BCUT2D eigenvalue weighted by atomic mass is 10.1. The third kappa shape index (κ3) is 6.65. The number of anilines is 1. The Hall–Kier alpha value is -2.76. The molecular formula is C18H14BrF6NO4. The molecule has 0 aromatic heterocycles. The molecule has 0 amide bonds. The lowest BCUT2D eigenvalue weighted by molar-refractivity contribution is -0.138. The zero-order valence-electron chi connectivity index (χ0n) is 15.3. The third-order valence-corrected chi connectivity index (χ3v) is 4.16. The first-order chi connectivity index (χ1) is 13.7. The van der Waals surface area contributed by atoms with Gasteiger partial charge in [0.2, 0.25) is 0 Å². The minimum Gasteiger partial charge on any atom is -0.465 e. The minimum absolute atomic E-state index is 0.109. The maximum Gasteiger partial charge on any atom is 0.418 e. The smallest absolute Gasteiger partial charge is 0.418 e. The summed E-state index contributed by atoms with van der Waals surface area (Å²) in [6.45, 7) is 0. The van der Waals surface area contributed by atoms with Crippen LogP contribution in [0, 0.1) is 0 Å². The average Bonchev–Trinajstić information content (AvgIpc) is 2.66. The number of nitrogen functional groups attached to an aromatic ring is 1. The Labute approximate surface area is 174 Å². The Morgan fingerprint density at radius 3 is 1.60 bits per heavy atom. The van der Waals surface area contributed by atoms with E-state index in [1.165, 1.54) is 12.1 Å². The molecule has 0 aliphatic heterocycles. The Morgan fingerprint density at radius 1 is 0.800 bits per heavy atom. The largest absolute Gasteiger partial charge is 0.465 e. The summed E-state index contributed by atoms with van der Waals surface area (Å²) in [6, 6.07) is 6.03. The highest BCUT2D eigenvalue weighted by atomic mass is 79.9. The van der Waals surface area contributed by atoms with Gasteiger partial charge in [0, 0.05) is 10.2 Å². The predicted octanol–water partition coefficient (Wildman–Crippen LogP) is 5.33. The van der Waals surface area contributed by atoms with Gasteiger partial charge in [0.1, 0.15) is 0 Å². The van der Waals surface area contributed by atoms with E-state index in [-0.39, 0.29) is 15.6 Å². The zero-order chi connectivity index (χ0) is 23.3. The van der Waals surface area contributed by atoms with Gasteiger partial charge in [-0.15, -0.1) is 0 Å². The van der Waals surface area contributed by atoms with Gasteiger partial charge in [0.05, 0.1) is 36.5 Å². The molecule has 0 bridgehead atoms. The van der Waals surface area contributed by atoms with Crippen LogP contribution in [0.5, 0.6) is 0 Å². The Kier molecular flexibility index (Phi) is 8.28. The van der Waals surface area contributed by atoms with Crippen molar-refractivity contribution in [3.8, 4) is 0 Å². The van der Waals surface area contributed by atoms with Crippen molar-refractivity contribution < 1.29 is 45.4 Å². The van der Waals surface area contributed by atoms with E-state index in [4.69, 9.17) is 5.73 Å². The SMILES string of the molecule is COC(=O)c1ccc(Br)c(C(F)(F)F)c1.COC(=O)c1ccc(N)c(C(F)(F)F)c1. The quantitative estimate of drug-likeness (QED) is 0.342. The Morgan fingerprint density at radius 2 is 1.20 bits per heavy atom. The fraction of sp³-hybridized carbons (Fsp3) is 0.222. The second kappa shape index (κ2) is 9.83. The minimum atomic E-state index is -4.58. The lowest BCUT2D eigenvalue weighted by Crippen LogP contribution is -2.11. The van der Waals surface area contributed by atoms with Gasteiger partial charge < -0.3 is 15.2 Å². The van der Waals surface area contributed by atoms with Crippen molar-refractivity contribution in [3.63, 3.8) is 0 Å². The van der Waals surface area contributed by atoms with Gasteiger partial charge in [-0.05, 0) is 36.4 Å². The first-order valence-electron chi connectivity index (χ1n) is 7.72. The highest BCUT2D eigenvalue weighted by Gasteiger charge is 2.34. The summed E-state index contributed by atoms with van der Waals surface area (Å²) in [5, 5.41) is 0. The van der Waals surface area contributed by atoms with Crippen LogP contribution in [-0.2, 0) is 21.8 Å². The molecule has 0 aliphatic carbocycles. The Bertz CT molecular complexity index is 852. The molecule has 12 heteroatoms. The monoisotopic (exact) mass is 501 g/mol. The van der Waals surface area contributed by atoms with E-state index >= 15 is 0 Å². The highest BCUT2D eigenvalue weighted by Crippen LogP contribution is 2.35. The molecule has 0 radical (unpaired) electrons. The van der Waals surface area contributed by atoms with Crippen molar-refractivity contribution in [2.24, 2.45) is 0 Å². The standard InChI is InChI=1S/C9H6BrF3O2.C9H8F3NO2/c1-15-8(14)5-2-3-7(10)6(4-5)9(11,12)13;1-15-8(14)5-2-3-7(13)6(4-5)9(10,11)12/h2-4H,1H3;2-4H,13H2,1H3. The number of ether oxygens (including phenoxy) is 2. The Balaban J connectivity index is 0.000000300. The number of methoxy groups -OCH3 is 2. The van der Waals surface area contributed by atoms with E-state index in [0.717, 1.165) is 32.4 Å². The normalized spacial score (nSPS) is 11.2. The van der Waals surface area contributed by atoms with Crippen molar-refractivity contribution in [1.29, 1.82) is 0 Å². The molecular weight excluding hydrogens is 488 g/mol. The summed E-state index contributed by atoms with van der Waals surface area (Å²) in [5.41, 5.74) is 2.48. The number of hydrogen-bond donors (Lipinski definition) is 1. The van der Waals surface area contributed by atoms with Crippen LogP contribution in [-0.4, -0.2) is 26.2 Å². The molecule has 2 aromatic carbocycles. The fourth-order valence-electron chi connectivity index (χ4n) is 2.03. The van der Waals surface area contributed by atoms with E-state index < -0.39 is 41.1 Å². The van der Waals surface area contributed by atoms with Crippen LogP contribution in [0.2, 0.25) is 0 Å². The second-order valence-corrected chi connectivity index (χ2v) is 6.33. The van der Waals surface area contributed by atoms with E-state index in [1.54, 1.807) is 0 Å². The number of hydrogen-bond acceptors (Lipinski definition) is 5. The second-order valence-electron chi connectivity index (χ2n) is 5.48. The number of alkyl halides is 6. The van der Waals surface area contributed by atoms with Crippen LogP contribution >= 0.6 is 15.9 Å². The van der Waals surface area contributed by atoms with Crippen LogP contribution in [0.25, 0.3) is 0 Å². The fourth-order valence-corrected chi connectivity index (χ4v) is 2.51. The van der Waals surface area contributed by atoms with Gasteiger partial charge in [-0.1, -0.05) is 15.9 Å². The van der Waals surface area contributed by atoms with Crippen molar-refractivity contribution >= 4 is 33.6 Å². The number of esters is 2. The van der Waals surface area contributed by atoms with Gasteiger partial charge in [-0.2, -0.15) is 26.3 Å². The van der Waals surface area contributed by atoms with E-state index in [0.29, 0.717) is 6.07 Å². The lowest BCUT2D eigenvalue weighted by Gasteiger charge is -2.10. The molecule has 2 rings (SSSR count). The molecule has 0 spiro atoms. The van der Waals surface area contributed by atoms with Crippen LogP contribution in [0.4, 0.5) is 32.0 Å². The summed E-state index contributed by atoms with van der Waals surface area (Å²) in [4.78, 5) is 22.0. The number of carbonyl (C=O) groups excluding carboxylic acids is 2. The number of nitrogens with two attached hydrogens (primary N) is 1. The summed E-state index contributed by atoms with van der Waals surface area (Å²) in [7, 11) is 2.20. The van der Waals surface area contributed by atoms with Crippen LogP contribution in [0.15, 0.2) is 40.9 Å². The van der Waals surface area contributed by atoms with Gasteiger partial charge in [-0.3, -0.25) is 0 Å². The van der Waals surface area contributed by atoms with Crippen LogP contribution in [0.3, 0.4) is 0 Å². The van der Waals surface area contributed by atoms with Crippen molar-refractivity contribution in [1.82, 2.24) is 0 Å². The molecule has 164 valence electrons. The predicted molar refractivity (Wildman–Crippen MR) is 97.7 cm³/mol. The zero-order valence-corrected chi connectivity index (χ0v) is 16.9. The molecule has 0 aliphatic rings. The van der Waals surface area contributed by atoms with E-state index in [2.05, 4.69) is 25.4 Å². The summed E-state index contributed by atoms with van der Waals surface area (Å²) >= 11 is 2.77. The van der Waals surface area contributed by atoms with Crippen LogP contribution in [0.1, 0.15) is 31.8 Å². The summed E-state index contributed by atoms with van der Waals surface area (Å²) in [6.07, 6.45) is -9.07. The molecule has 0 fully saturated rings. The maximum atomic E-state index is 12.4. The molecule has 0 saturated heterocycles. The number of halogens is 7. The molecule has 0 heterocycles. The van der Waals surface area contributed by atoms with Crippen molar-refractivity contribution in [2.75, 3.05) is 20.0 Å². The van der Waals surface area contributed by atoms with E-state index in [9.17, 15) is 35.9 Å². The first-order valence-corrected chi connectivity index (χ1v) is 8.51. The van der Waals surface area contributed by atoms with Gasteiger partial charge in [-0.25, -0.2) is 9.59 Å². The van der Waals surface area contributed by atoms with Gasteiger partial charge >= 0.3 is 24.3 Å². The molecule has 30 heavy (non-hydrogen) atoms. The third-order valence-electron chi connectivity index (χ3n) is 3.47. The van der Waals surface area contributed by atoms with Crippen molar-refractivity contribution in [2.45, 2.75) is 12.4 Å². The molecule has 2 aromatic rings. The first kappa shape index (κ1) is 25.3. The van der Waals surface area contributed by atoms with E-state index in [1.807, 2.05) is 0 Å². The number of benzene rings is 2. The van der Waals surface area contributed by atoms with Crippen molar-refractivity contribution in [3.05, 3.63) is 63.1 Å². The summed E-state index contributed by atoms with van der Waals surface area (Å²) in [5.74, 6) is -1.63. The van der Waals surface area contributed by atoms with Gasteiger partial charge in [0.15, 0.2) is 0 Å². The summed E-state index contributed by atoms with van der Waals surface area (Å²) < 4.78 is 82.8. The van der Waals surface area contributed by atoms with Gasteiger partial charge in [0.25, 0.3) is 0 Å². The highest BCUT2D eigenvalue weighted by molar-refractivity contribution is 9.10. The molecule has 2 N–H and O–H groups in total. The number of rotatable bonds is 2. The molecule has 0 saturated carbocycles. The molecule has 5 nitrogen and oxygen atoms in total. The maximum absolute atomic E-state index is 12.4. The molecule has 0 unspecified atom stereocenters. The molecule has 0 atom stereocenters.